The van der Waals surface area contributed by atoms with Crippen LogP contribution in [0.3, 0.4) is 0 Å². The van der Waals surface area contributed by atoms with Crippen LogP contribution in [0.5, 0.6) is 5.75 Å². The fourth-order valence-electron chi connectivity index (χ4n) is 2.32. The van der Waals surface area contributed by atoms with Gasteiger partial charge in [-0.15, -0.1) is 0 Å². The number of nitrogens with zero attached hydrogens (tertiary/aromatic N) is 1. The molecular formula is C21H18BrIN2O4. The van der Waals surface area contributed by atoms with Crippen LogP contribution in [0.1, 0.15) is 16.7 Å². The highest BCUT2D eigenvalue weighted by molar-refractivity contribution is 14.1. The van der Waals surface area contributed by atoms with Crippen molar-refractivity contribution in [2.24, 2.45) is 0 Å². The number of hydrogen-bond donors (Lipinski definition) is 1. The minimum Gasteiger partial charge on any atom is -0.480 e. The van der Waals surface area contributed by atoms with Crippen LogP contribution in [-0.2, 0) is 14.3 Å². The molecule has 0 radical (unpaired) electrons. The molecule has 1 amide bonds. The summed E-state index contributed by atoms with van der Waals surface area (Å²) < 4.78 is 11.3. The second-order valence-corrected chi connectivity index (χ2v) is 8.12. The van der Waals surface area contributed by atoms with E-state index < -0.39 is 11.9 Å². The lowest BCUT2D eigenvalue weighted by atomic mass is 10.1. The van der Waals surface area contributed by atoms with Crippen LogP contribution >= 0.6 is 38.5 Å². The number of amides is 1. The third-order valence-corrected chi connectivity index (χ3v) is 5.41. The number of hydrogen-bond acceptors (Lipinski definition) is 5. The van der Waals surface area contributed by atoms with Crippen molar-refractivity contribution < 1.29 is 19.1 Å². The van der Waals surface area contributed by atoms with Gasteiger partial charge in [-0.25, -0.2) is 4.79 Å². The minimum atomic E-state index is -0.494. The second-order valence-electron chi connectivity index (χ2n) is 6.10. The number of nitrogens with one attached hydrogen (secondary N) is 1. The Bertz CT molecular complexity index is 1000. The monoisotopic (exact) mass is 568 g/mol. The Balaban J connectivity index is 2.23. The summed E-state index contributed by atoms with van der Waals surface area (Å²) in [6.45, 7) is 3.72. The zero-order chi connectivity index (χ0) is 21.6. The molecule has 2 aromatic rings. The lowest BCUT2D eigenvalue weighted by molar-refractivity contribution is -0.142. The van der Waals surface area contributed by atoms with E-state index in [0.29, 0.717) is 25.0 Å². The highest BCUT2D eigenvalue weighted by Gasteiger charge is 2.14. The number of nitriles is 1. The molecule has 150 valence electrons. The fourth-order valence-corrected chi connectivity index (χ4v) is 4.09. The number of benzene rings is 2. The molecule has 0 unspecified atom stereocenters. The molecule has 0 heterocycles. The summed E-state index contributed by atoms with van der Waals surface area (Å²) >= 11 is 5.44. The van der Waals surface area contributed by atoms with Crippen molar-refractivity contribution in [1.82, 2.24) is 0 Å². The Labute approximate surface area is 191 Å². The molecule has 0 aliphatic rings. The number of carbonyl (C=O) groups is 2. The van der Waals surface area contributed by atoms with Crippen molar-refractivity contribution in [2.75, 3.05) is 19.0 Å². The third-order valence-electron chi connectivity index (χ3n) is 4.02. The van der Waals surface area contributed by atoms with Gasteiger partial charge in [0.2, 0.25) is 0 Å². The summed E-state index contributed by atoms with van der Waals surface area (Å²) in [6.07, 6.45) is 1.49. The van der Waals surface area contributed by atoms with Crippen LogP contribution in [0.2, 0.25) is 0 Å². The van der Waals surface area contributed by atoms with Gasteiger partial charge in [0.25, 0.3) is 5.91 Å². The van der Waals surface area contributed by atoms with Gasteiger partial charge < -0.3 is 14.8 Å². The Hall–Kier alpha value is -2.38. The molecule has 0 fully saturated rings. The molecule has 6 nitrogen and oxygen atoms in total. The summed E-state index contributed by atoms with van der Waals surface area (Å²) in [4.78, 5) is 23.8. The molecule has 0 saturated carbocycles. The fraction of sp³-hybridized carbons (Fsp3) is 0.190. The number of aryl methyl sites for hydroxylation is 2. The Morgan fingerprint density at radius 1 is 1.24 bits per heavy atom. The molecule has 29 heavy (non-hydrogen) atoms. The maximum atomic E-state index is 12.5. The van der Waals surface area contributed by atoms with E-state index in [2.05, 4.69) is 48.6 Å². The molecule has 0 aromatic heterocycles. The van der Waals surface area contributed by atoms with Gasteiger partial charge in [-0.1, -0.05) is 6.07 Å². The van der Waals surface area contributed by atoms with Gasteiger partial charge in [0, 0.05) is 5.69 Å². The minimum absolute atomic E-state index is 0.0332. The molecule has 8 heteroatoms. The zero-order valence-electron chi connectivity index (χ0n) is 16.0. The van der Waals surface area contributed by atoms with Gasteiger partial charge in [0.1, 0.15) is 17.4 Å². The topological polar surface area (TPSA) is 88.4 Å². The number of esters is 1. The van der Waals surface area contributed by atoms with Crippen molar-refractivity contribution in [3.05, 3.63) is 60.6 Å². The lowest BCUT2D eigenvalue weighted by Crippen LogP contribution is -2.14. The second kappa shape index (κ2) is 10.4. The van der Waals surface area contributed by atoms with Gasteiger partial charge >= 0.3 is 5.97 Å². The largest absolute Gasteiger partial charge is 0.480 e. The molecule has 1 N–H and O–H groups in total. The molecule has 0 saturated heterocycles. The van der Waals surface area contributed by atoms with Crippen LogP contribution in [0.25, 0.3) is 6.08 Å². The van der Waals surface area contributed by atoms with Gasteiger partial charge in [-0.05, 0) is 99.4 Å². The van der Waals surface area contributed by atoms with E-state index in [9.17, 15) is 14.9 Å². The van der Waals surface area contributed by atoms with Crippen LogP contribution in [0.4, 0.5) is 5.69 Å². The molecule has 0 atom stereocenters. The summed E-state index contributed by atoms with van der Waals surface area (Å²) in [7, 11) is 1.28. The van der Waals surface area contributed by atoms with Gasteiger partial charge in [0.15, 0.2) is 6.61 Å². The van der Waals surface area contributed by atoms with E-state index in [1.54, 1.807) is 18.2 Å². The predicted molar refractivity (Wildman–Crippen MR) is 123 cm³/mol. The summed E-state index contributed by atoms with van der Waals surface area (Å²) in [5.41, 5.74) is 3.40. The number of halogens is 2. The first-order valence-electron chi connectivity index (χ1n) is 8.44. The number of anilines is 1. The van der Waals surface area contributed by atoms with Gasteiger partial charge in [-0.3, -0.25) is 4.79 Å². The Morgan fingerprint density at radius 2 is 1.97 bits per heavy atom. The average molecular weight is 569 g/mol. The maximum Gasteiger partial charge on any atom is 0.343 e. The van der Waals surface area contributed by atoms with E-state index >= 15 is 0 Å². The van der Waals surface area contributed by atoms with Crippen LogP contribution in [0.15, 0.2) is 40.4 Å². The van der Waals surface area contributed by atoms with E-state index in [4.69, 9.17) is 4.74 Å². The normalized spacial score (nSPS) is 10.8. The SMILES string of the molecule is COC(=O)COc1c(Br)cc(/C=C(\C#N)C(=O)Nc2ccc(C)c(C)c2)cc1I. The third kappa shape index (κ3) is 6.30. The quantitative estimate of drug-likeness (QED) is 0.235. The molecule has 0 aliphatic carbocycles. The lowest BCUT2D eigenvalue weighted by Gasteiger charge is -2.11. The van der Waals surface area contributed by atoms with Crippen LogP contribution in [-0.4, -0.2) is 25.6 Å². The number of ether oxygens (including phenoxy) is 2. The number of methoxy groups -OCH3 is 1. The van der Waals surface area contributed by atoms with Gasteiger partial charge in [-0.2, -0.15) is 5.26 Å². The van der Waals surface area contributed by atoms with Crippen molar-refractivity contribution >= 4 is 62.2 Å². The van der Waals surface area contributed by atoms with Crippen LogP contribution in [0, 0.1) is 28.7 Å². The Kier molecular flexibility index (Phi) is 8.22. The average Bonchev–Trinajstić information content (AvgIpc) is 2.67. The van der Waals surface area contributed by atoms with Crippen molar-refractivity contribution in [3.63, 3.8) is 0 Å². The van der Waals surface area contributed by atoms with E-state index in [0.717, 1.165) is 11.1 Å². The van der Waals surface area contributed by atoms with Crippen molar-refractivity contribution in [3.8, 4) is 11.8 Å². The van der Waals surface area contributed by atoms with E-state index in [-0.39, 0.29) is 12.2 Å². The molecular weight excluding hydrogens is 551 g/mol. The predicted octanol–water partition coefficient (Wildman–Crippen LogP) is 4.77. The number of rotatable bonds is 6. The molecule has 0 aliphatic heterocycles. The first-order chi connectivity index (χ1) is 13.7. The smallest absolute Gasteiger partial charge is 0.343 e. The molecule has 2 aromatic carbocycles. The summed E-state index contributed by atoms with van der Waals surface area (Å²) in [6, 6.07) is 10.9. The number of carbonyl (C=O) groups excluding carboxylic acids is 2. The zero-order valence-corrected chi connectivity index (χ0v) is 19.8. The van der Waals surface area contributed by atoms with E-state index in [1.807, 2.05) is 32.0 Å². The van der Waals surface area contributed by atoms with Crippen molar-refractivity contribution in [2.45, 2.75) is 13.8 Å². The van der Waals surface area contributed by atoms with E-state index in [1.165, 1.54) is 13.2 Å². The highest BCUT2D eigenvalue weighted by Crippen LogP contribution is 2.32. The standard InChI is InChI=1S/C21H18BrIN2O4/c1-12-4-5-16(6-13(12)2)25-21(27)15(10-24)7-14-8-17(22)20(18(23)9-14)29-11-19(26)28-3/h4-9H,11H2,1-3H3,(H,25,27)/b15-7+. The van der Waals surface area contributed by atoms with Gasteiger partial charge in [0.05, 0.1) is 15.2 Å². The van der Waals surface area contributed by atoms with Crippen molar-refractivity contribution in [1.29, 1.82) is 5.26 Å². The molecule has 0 bridgehead atoms. The highest BCUT2D eigenvalue weighted by atomic mass is 127. The Morgan fingerprint density at radius 3 is 2.55 bits per heavy atom. The molecule has 0 spiro atoms. The summed E-state index contributed by atoms with van der Waals surface area (Å²) in [5, 5.41) is 12.2. The summed E-state index contributed by atoms with van der Waals surface area (Å²) in [5.74, 6) is -0.509. The molecule has 2 rings (SSSR count). The first kappa shape index (κ1) is 22.9. The van der Waals surface area contributed by atoms with Crippen LogP contribution < -0.4 is 10.1 Å². The maximum absolute atomic E-state index is 12.5. The first-order valence-corrected chi connectivity index (χ1v) is 10.3.